The van der Waals surface area contributed by atoms with Crippen molar-refractivity contribution >= 4 is 0 Å². The summed E-state index contributed by atoms with van der Waals surface area (Å²) in [5.74, 6) is 0. The molecule has 1 aliphatic carbocycles. The number of aromatic nitrogens is 1. The van der Waals surface area contributed by atoms with E-state index in [2.05, 4.69) is 18.0 Å². The van der Waals surface area contributed by atoms with Crippen LogP contribution in [0.2, 0.25) is 0 Å². The van der Waals surface area contributed by atoms with Gasteiger partial charge < -0.3 is 0 Å². The molecule has 0 aromatic carbocycles. The molecule has 12 heavy (non-hydrogen) atoms. The minimum absolute atomic E-state index is 0. The molecule has 2 heteroatoms. The zero-order valence-electron chi connectivity index (χ0n) is 7.64. The van der Waals surface area contributed by atoms with Gasteiger partial charge in [0.05, 0.1) is 0 Å². The van der Waals surface area contributed by atoms with Gasteiger partial charge in [-0.3, -0.25) is 4.98 Å². The monoisotopic (exact) mass is 153 g/mol. The molecule has 1 aromatic rings. The Morgan fingerprint density at radius 1 is 1.17 bits per heavy atom. The van der Waals surface area contributed by atoms with Gasteiger partial charge in [-0.15, -0.1) is 11.8 Å². The molecule has 0 radical (unpaired) electrons. The Morgan fingerprint density at radius 2 is 1.92 bits per heavy atom. The number of rotatable bonds is 0. The third kappa shape index (κ3) is 1.86. The van der Waals surface area contributed by atoms with E-state index in [4.69, 9.17) is 0 Å². The normalized spacial score (nSPS) is 14.7. The van der Waals surface area contributed by atoms with Crippen LogP contribution in [0, 0.1) is 6.92 Å². The van der Waals surface area contributed by atoms with Crippen LogP contribution in [0.4, 0.5) is 0 Å². The second kappa shape index (κ2) is 4.03. The van der Waals surface area contributed by atoms with E-state index >= 15 is 0 Å². The van der Waals surface area contributed by atoms with Crippen molar-refractivity contribution < 1.29 is 18.9 Å². The number of pyridine rings is 1. The average molecular weight is 153 g/mol. The number of fused-ring (bicyclic) bond motifs is 1. The van der Waals surface area contributed by atoms with Gasteiger partial charge in [0.15, 0.2) is 0 Å². The topological polar surface area (TPSA) is 12.9 Å². The van der Waals surface area contributed by atoms with Gasteiger partial charge in [-0.05, 0) is 31.2 Å². The van der Waals surface area contributed by atoms with Crippen LogP contribution in [0.3, 0.4) is 0 Å². The second-order valence-corrected chi connectivity index (χ2v) is 3.12. The first kappa shape index (κ1) is 9.70. The van der Waals surface area contributed by atoms with E-state index in [1.54, 1.807) is 0 Å². The molecule has 2 rings (SSSR count). The quantitative estimate of drug-likeness (QED) is 0.349. The first-order valence-electron chi connectivity index (χ1n) is 4.17. The fourth-order valence-corrected chi connectivity index (χ4v) is 1.63. The molecule has 0 spiro atoms. The predicted octanol–water partition coefficient (Wildman–Crippen LogP) is -0.853. The summed E-state index contributed by atoms with van der Waals surface area (Å²) in [6.07, 6.45) is 4.98. The number of nitrogens with zero attached hydrogens (tertiary/aromatic N) is 1. The van der Waals surface area contributed by atoms with Crippen molar-refractivity contribution in [1.29, 1.82) is 0 Å². The van der Waals surface area contributed by atoms with E-state index in [1.807, 2.05) is 6.07 Å². The largest absolute Gasteiger partial charge is 1.00 e. The van der Waals surface area contributed by atoms with Crippen LogP contribution in [-0.4, -0.2) is 4.98 Å². The van der Waals surface area contributed by atoms with Crippen LogP contribution in [0.1, 0.15) is 29.8 Å². The third-order valence-corrected chi connectivity index (χ3v) is 2.24. The van der Waals surface area contributed by atoms with Crippen molar-refractivity contribution in [3.63, 3.8) is 0 Å². The van der Waals surface area contributed by atoms with Gasteiger partial charge in [-0.2, -0.15) is 6.07 Å². The van der Waals surface area contributed by atoms with Gasteiger partial charge in [0, 0.05) is 5.69 Å². The molecule has 1 aromatic heterocycles. The Morgan fingerprint density at radius 3 is 2.75 bits per heavy atom. The summed E-state index contributed by atoms with van der Waals surface area (Å²) in [6.45, 7) is 3.82. The molecule has 1 nitrogen and oxygen atoms in total. The smallest absolute Gasteiger partial charge is 0.292 e. The van der Waals surface area contributed by atoms with Crippen LogP contribution in [0.5, 0.6) is 0 Å². The molecule has 0 atom stereocenters. The summed E-state index contributed by atoms with van der Waals surface area (Å²) in [5.41, 5.74) is 3.62. The summed E-state index contributed by atoms with van der Waals surface area (Å²) in [5, 5.41) is 0. The molecule has 0 saturated carbocycles. The Bertz CT molecular complexity index is 271. The van der Waals surface area contributed by atoms with E-state index in [0.29, 0.717) is 0 Å². The zero-order chi connectivity index (χ0) is 7.68. The molecule has 0 amide bonds. The Labute approximate surface area is 85.8 Å². The molecular formula is C10H12LiN. The van der Waals surface area contributed by atoms with Crippen LogP contribution < -0.4 is 18.9 Å². The van der Waals surface area contributed by atoms with Crippen molar-refractivity contribution in [2.75, 3.05) is 0 Å². The third-order valence-electron chi connectivity index (χ3n) is 2.24. The summed E-state index contributed by atoms with van der Waals surface area (Å²) in [6, 6.07) is 4.17. The van der Waals surface area contributed by atoms with E-state index < -0.39 is 0 Å². The maximum absolute atomic E-state index is 4.40. The number of hydrogen-bond donors (Lipinski definition) is 0. The first-order chi connectivity index (χ1) is 5.36. The van der Waals surface area contributed by atoms with Gasteiger partial charge in [0.2, 0.25) is 0 Å². The minimum atomic E-state index is 0. The predicted molar refractivity (Wildman–Crippen MR) is 45.3 cm³/mol. The summed E-state index contributed by atoms with van der Waals surface area (Å²) in [7, 11) is 0. The minimum Gasteiger partial charge on any atom is -0.292 e. The molecule has 0 aliphatic heterocycles. The SMILES string of the molecule is [CH2-]c1ccc2c(n1)CCCC2.[Li+]. The Hall–Kier alpha value is -0.383. The molecule has 1 aliphatic rings. The first-order valence-corrected chi connectivity index (χ1v) is 4.17. The molecule has 0 fully saturated rings. The number of aryl methyl sites for hydroxylation is 2. The van der Waals surface area contributed by atoms with Gasteiger partial charge in [-0.1, -0.05) is 0 Å². The van der Waals surface area contributed by atoms with Crippen LogP contribution in [0.25, 0.3) is 0 Å². The summed E-state index contributed by atoms with van der Waals surface area (Å²) in [4.78, 5) is 4.40. The average Bonchev–Trinajstić information content (AvgIpc) is 2.04. The van der Waals surface area contributed by atoms with Crippen molar-refractivity contribution in [2.45, 2.75) is 25.7 Å². The Balaban J connectivity index is 0.000000720. The fraction of sp³-hybridized carbons (Fsp3) is 0.400. The molecule has 0 unspecified atom stereocenters. The van der Waals surface area contributed by atoms with Gasteiger partial charge in [0.25, 0.3) is 0 Å². The van der Waals surface area contributed by atoms with Gasteiger partial charge >= 0.3 is 18.9 Å². The van der Waals surface area contributed by atoms with Crippen molar-refractivity contribution in [3.05, 3.63) is 36.0 Å². The van der Waals surface area contributed by atoms with Crippen LogP contribution >= 0.6 is 0 Å². The zero-order valence-corrected chi connectivity index (χ0v) is 7.64. The Kier molecular flexibility index (Phi) is 3.26. The van der Waals surface area contributed by atoms with Gasteiger partial charge in [0.1, 0.15) is 0 Å². The molecule has 0 bridgehead atoms. The molecule has 58 valence electrons. The van der Waals surface area contributed by atoms with E-state index in [-0.39, 0.29) is 18.9 Å². The number of hydrogen-bond acceptors (Lipinski definition) is 1. The van der Waals surface area contributed by atoms with Crippen molar-refractivity contribution in [2.24, 2.45) is 0 Å². The molecule has 1 heterocycles. The maximum Gasteiger partial charge on any atom is 1.00 e. The van der Waals surface area contributed by atoms with Crippen molar-refractivity contribution in [3.8, 4) is 0 Å². The molecule has 0 N–H and O–H groups in total. The van der Waals surface area contributed by atoms with E-state index in [9.17, 15) is 0 Å². The maximum atomic E-state index is 4.40. The second-order valence-electron chi connectivity index (χ2n) is 3.12. The molecular weight excluding hydrogens is 141 g/mol. The summed E-state index contributed by atoms with van der Waals surface area (Å²) < 4.78 is 0. The summed E-state index contributed by atoms with van der Waals surface area (Å²) >= 11 is 0. The fourth-order valence-electron chi connectivity index (χ4n) is 1.63. The standard InChI is InChI=1S/C10H12N.Li/c1-8-6-7-9-4-2-3-5-10(9)11-8;/h6-7H,1-5H2;/q-1;+1. The molecule has 0 saturated heterocycles. The van der Waals surface area contributed by atoms with E-state index in [1.165, 1.54) is 30.5 Å². The van der Waals surface area contributed by atoms with E-state index in [0.717, 1.165) is 12.1 Å². The van der Waals surface area contributed by atoms with Crippen LogP contribution in [0.15, 0.2) is 12.1 Å². The van der Waals surface area contributed by atoms with Gasteiger partial charge in [-0.25, -0.2) is 6.92 Å². The van der Waals surface area contributed by atoms with Crippen LogP contribution in [-0.2, 0) is 12.8 Å². The van der Waals surface area contributed by atoms with Crippen molar-refractivity contribution in [1.82, 2.24) is 4.98 Å².